The van der Waals surface area contributed by atoms with Crippen molar-refractivity contribution in [1.29, 1.82) is 0 Å². The fourth-order valence-corrected chi connectivity index (χ4v) is 1.21. The molecule has 0 saturated heterocycles. The summed E-state index contributed by atoms with van der Waals surface area (Å²) in [5.74, 6) is 0. The van der Waals surface area contributed by atoms with E-state index >= 15 is 0 Å². The Morgan fingerprint density at radius 1 is 1.10 bits per heavy atom. The van der Waals surface area contributed by atoms with Crippen LogP contribution in [0.2, 0.25) is 0 Å². The molecule has 0 heterocycles. The summed E-state index contributed by atoms with van der Waals surface area (Å²) in [6.07, 6.45) is 0. The van der Waals surface area contributed by atoms with Crippen molar-refractivity contribution in [3.8, 4) is 0 Å². The Hall–Kier alpha value is 0.946. The van der Waals surface area contributed by atoms with Crippen molar-refractivity contribution in [2.24, 2.45) is 0 Å². The van der Waals surface area contributed by atoms with Crippen LogP contribution in [0.5, 0.6) is 0 Å². The minimum Gasteiger partial charge on any atom is -0.0876 e. The zero-order valence-electron chi connectivity index (χ0n) is 4.77. The summed E-state index contributed by atoms with van der Waals surface area (Å²) >= 11 is 6.73. The van der Waals surface area contributed by atoms with Gasteiger partial charge in [-0.15, -0.1) is 0 Å². The summed E-state index contributed by atoms with van der Waals surface area (Å²) in [5, 5.41) is 0.931. The molecule has 10 heavy (non-hydrogen) atoms. The van der Waals surface area contributed by atoms with Crippen LogP contribution in [-0.2, 0) is 5.33 Å². The second-order valence-electron chi connectivity index (χ2n) is 1.76. The molecule has 1 rings (SSSR count). The predicted octanol–water partition coefficient (Wildman–Crippen LogP) is 2.43. The smallest absolute Gasteiger partial charge is 0.0876 e. The Balaban J connectivity index is 0.000000810. The first-order valence-electron chi connectivity index (χ1n) is 2.63. The molecule has 0 bridgehead atoms. The van der Waals surface area contributed by atoms with Crippen LogP contribution in [0.1, 0.15) is 5.56 Å². The SMILES string of the molecule is BrCc1ccc(Br)cc1.[MgH2]. The predicted molar refractivity (Wildman–Crippen MR) is 55.3 cm³/mol. The summed E-state index contributed by atoms with van der Waals surface area (Å²) in [5.41, 5.74) is 1.30. The van der Waals surface area contributed by atoms with Gasteiger partial charge in [-0.2, -0.15) is 0 Å². The molecule has 0 radical (unpaired) electrons. The molecule has 0 amide bonds. The van der Waals surface area contributed by atoms with Crippen LogP contribution in [0.25, 0.3) is 0 Å². The Labute approximate surface area is 93.8 Å². The van der Waals surface area contributed by atoms with Crippen molar-refractivity contribution in [3.63, 3.8) is 0 Å². The minimum absolute atomic E-state index is 0. The Morgan fingerprint density at radius 2 is 1.60 bits per heavy atom. The van der Waals surface area contributed by atoms with E-state index in [2.05, 4.69) is 44.0 Å². The summed E-state index contributed by atoms with van der Waals surface area (Å²) in [7, 11) is 0. The van der Waals surface area contributed by atoms with Gasteiger partial charge < -0.3 is 0 Å². The number of halogens is 2. The molecule has 0 aliphatic rings. The van der Waals surface area contributed by atoms with Gasteiger partial charge in [0.2, 0.25) is 0 Å². The second kappa shape index (κ2) is 5.58. The van der Waals surface area contributed by atoms with Crippen LogP contribution >= 0.6 is 31.9 Å². The molecule has 0 spiro atoms. The largest absolute Gasteiger partial charge is 0.316 e. The lowest BCUT2D eigenvalue weighted by Crippen LogP contribution is -1.73. The van der Waals surface area contributed by atoms with Crippen LogP contribution in [0, 0.1) is 0 Å². The molecule has 0 aliphatic carbocycles. The molecule has 0 aliphatic heterocycles. The van der Waals surface area contributed by atoms with Crippen molar-refractivity contribution < 1.29 is 0 Å². The molecular formula is C7H8Br2Mg. The normalized spacial score (nSPS) is 8.60. The molecule has 1 aromatic rings. The summed E-state index contributed by atoms with van der Waals surface area (Å²) < 4.78 is 1.13. The molecule has 3 heteroatoms. The molecule has 52 valence electrons. The van der Waals surface area contributed by atoms with Gasteiger partial charge in [-0.3, -0.25) is 0 Å². The highest BCUT2D eigenvalue weighted by Gasteiger charge is 1.86. The standard InChI is InChI=1S/C7H6Br2.Mg.2H/c8-5-6-1-3-7(9)4-2-6;;;/h1-4H,5H2;;;. The Kier molecular flexibility index (Phi) is 6.11. The zero-order chi connectivity index (χ0) is 6.69. The monoisotopic (exact) mass is 274 g/mol. The maximum Gasteiger partial charge on any atom is 0.316 e. The van der Waals surface area contributed by atoms with Gasteiger partial charge in [0.1, 0.15) is 0 Å². The first kappa shape index (κ1) is 10.9. The quantitative estimate of drug-likeness (QED) is 0.546. The van der Waals surface area contributed by atoms with Crippen molar-refractivity contribution in [2.75, 3.05) is 0 Å². The summed E-state index contributed by atoms with van der Waals surface area (Å²) in [4.78, 5) is 0. The van der Waals surface area contributed by atoms with Gasteiger partial charge in [0.05, 0.1) is 0 Å². The van der Waals surface area contributed by atoms with Gasteiger partial charge in [0, 0.05) is 9.80 Å². The van der Waals surface area contributed by atoms with E-state index < -0.39 is 0 Å². The maximum atomic E-state index is 3.37. The number of rotatable bonds is 1. The average molecular weight is 276 g/mol. The highest BCUT2D eigenvalue weighted by Crippen LogP contribution is 2.11. The number of hydrogen-bond acceptors (Lipinski definition) is 0. The van der Waals surface area contributed by atoms with Crippen molar-refractivity contribution in [1.82, 2.24) is 0 Å². The molecule has 0 unspecified atom stereocenters. The van der Waals surface area contributed by atoms with Crippen LogP contribution in [0.4, 0.5) is 0 Å². The second-order valence-corrected chi connectivity index (χ2v) is 3.24. The van der Waals surface area contributed by atoms with Crippen molar-refractivity contribution in [2.45, 2.75) is 5.33 Å². The molecule has 0 nitrogen and oxygen atoms in total. The van der Waals surface area contributed by atoms with E-state index in [-0.39, 0.29) is 23.1 Å². The van der Waals surface area contributed by atoms with Gasteiger partial charge in [-0.05, 0) is 17.7 Å². The molecule has 0 saturated carbocycles. The van der Waals surface area contributed by atoms with Gasteiger partial charge in [-0.1, -0.05) is 44.0 Å². The molecule has 0 fully saturated rings. The summed E-state index contributed by atoms with van der Waals surface area (Å²) in [6, 6.07) is 8.24. The first-order chi connectivity index (χ1) is 4.33. The Bertz CT molecular complexity index is 183. The lowest BCUT2D eigenvalue weighted by atomic mass is 10.2. The van der Waals surface area contributed by atoms with Crippen LogP contribution < -0.4 is 0 Å². The summed E-state index contributed by atoms with van der Waals surface area (Å²) in [6.45, 7) is 0. The number of benzene rings is 1. The van der Waals surface area contributed by atoms with E-state index in [9.17, 15) is 0 Å². The van der Waals surface area contributed by atoms with Gasteiger partial charge >= 0.3 is 23.1 Å². The van der Waals surface area contributed by atoms with E-state index in [1.54, 1.807) is 0 Å². The van der Waals surface area contributed by atoms with Crippen LogP contribution in [-0.4, -0.2) is 23.1 Å². The minimum atomic E-state index is 0. The van der Waals surface area contributed by atoms with Crippen molar-refractivity contribution >= 4 is 54.9 Å². The number of alkyl halides is 1. The van der Waals surface area contributed by atoms with Gasteiger partial charge in [0.25, 0.3) is 0 Å². The zero-order valence-corrected chi connectivity index (χ0v) is 7.94. The molecule has 1 aromatic carbocycles. The van der Waals surface area contributed by atoms with E-state index in [4.69, 9.17) is 0 Å². The van der Waals surface area contributed by atoms with Crippen LogP contribution in [0.15, 0.2) is 28.7 Å². The molecule has 0 aromatic heterocycles. The third-order valence-electron chi connectivity index (χ3n) is 1.07. The maximum absolute atomic E-state index is 3.37. The molecular weight excluding hydrogens is 268 g/mol. The van der Waals surface area contributed by atoms with E-state index in [0.29, 0.717) is 0 Å². The molecule has 0 atom stereocenters. The van der Waals surface area contributed by atoms with Crippen molar-refractivity contribution in [3.05, 3.63) is 34.3 Å². The van der Waals surface area contributed by atoms with E-state index in [0.717, 1.165) is 9.80 Å². The highest BCUT2D eigenvalue weighted by molar-refractivity contribution is 9.10. The van der Waals surface area contributed by atoms with E-state index in [1.165, 1.54) is 5.56 Å². The van der Waals surface area contributed by atoms with Crippen LogP contribution in [0.3, 0.4) is 0 Å². The first-order valence-corrected chi connectivity index (χ1v) is 4.55. The third-order valence-corrected chi connectivity index (χ3v) is 2.24. The Morgan fingerprint density at radius 3 is 2.00 bits per heavy atom. The fraction of sp³-hybridized carbons (Fsp3) is 0.143. The van der Waals surface area contributed by atoms with Gasteiger partial charge in [0.15, 0.2) is 0 Å². The fourth-order valence-electron chi connectivity index (χ4n) is 0.573. The van der Waals surface area contributed by atoms with Gasteiger partial charge in [-0.25, -0.2) is 0 Å². The molecule has 0 N–H and O–H groups in total. The van der Waals surface area contributed by atoms with E-state index in [1.807, 2.05) is 12.1 Å². The lowest BCUT2D eigenvalue weighted by molar-refractivity contribution is 1.43. The highest BCUT2D eigenvalue weighted by atomic mass is 79.9. The number of hydrogen-bond donors (Lipinski definition) is 0. The third kappa shape index (κ3) is 3.37. The lowest BCUT2D eigenvalue weighted by Gasteiger charge is -1.92. The average Bonchev–Trinajstić information content (AvgIpc) is 1.90. The topological polar surface area (TPSA) is 0 Å².